The lowest BCUT2D eigenvalue weighted by atomic mass is 9.95. The molecule has 0 spiro atoms. The third-order valence-corrected chi connectivity index (χ3v) is 6.62. The Morgan fingerprint density at radius 3 is 2.58 bits per heavy atom. The number of anilines is 2. The van der Waals surface area contributed by atoms with Gasteiger partial charge in [0.05, 0.1) is 6.42 Å². The number of aliphatic imine (C=N–C) groups is 1. The van der Waals surface area contributed by atoms with Gasteiger partial charge in [0.15, 0.2) is 0 Å². The Kier molecular flexibility index (Phi) is 9.35. The van der Waals surface area contributed by atoms with Crippen LogP contribution in [-0.2, 0) is 20.9 Å². The number of carbonyl (C=O) groups excluding carboxylic acids is 2. The number of halogens is 2. The summed E-state index contributed by atoms with van der Waals surface area (Å²) in [7, 11) is 0. The summed E-state index contributed by atoms with van der Waals surface area (Å²) >= 11 is 0. The molecule has 1 atom stereocenters. The van der Waals surface area contributed by atoms with E-state index < -0.39 is 24.2 Å². The molecular weight excluding hydrogens is 526 g/mol. The first-order valence-corrected chi connectivity index (χ1v) is 13.0. The van der Waals surface area contributed by atoms with E-state index in [2.05, 4.69) is 31.2 Å². The first kappa shape index (κ1) is 28.6. The van der Waals surface area contributed by atoms with Crippen LogP contribution in [0, 0.1) is 5.92 Å². The lowest BCUT2D eigenvalue weighted by Crippen LogP contribution is -2.50. The highest BCUT2D eigenvalue weighted by Crippen LogP contribution is 2.27. The van der Waals surface area contributed by atoms with Gasteiger partial charge in [-0.3, -0.25) is 4.79 Å². The fourth-order valence-electron chi connectivity index (χ4n) is 4.43. The van der Waals surface area contributed by atoms with Crippen LogP contribution in [-0.4, -0.2) is 67.3 Å². The molecule has 0 aromatic heterocycles. The molecule has 11 nitrogen and oxygen atoms in total. The second-order valence-corrected chi connectivity index (χ2v) is 9.58. The number of rotatable bonds is 9. The summed E-state index contributed by atoms with van der Waals surface area (Å²) in [5.74, 6) is -1.89. The van der Waals surface area contributed by atoms with Crippen LogP contribution in [0.3, 0.4) is 0 Å². The van der Waals surface area contributed by atoms with E-state index in [9.17, 15) is 28.3 Å². The molecule has 1 saturated heterocycles. The van der Waals surface area contributed by atoms with Crippen molar-refractivity contribution in [2.24, 2.45) is 10.9 Å². The number of carbonyl (C=O) groups is 3. The highest BCUT2D eigenvalue weighted by molar-refractivity contribution is 5.94. The summed E-state index contributed by atoms with van der Waals surface area (Å²) < 4.78 is 32.2. The lowest BCUT2D eigenvalue weighted by molar-refractivity contribution is -0.139. The minimum Gasteiger partial charge on any atom is -0.480 e. The number of carboxylic acids is 1. The number of carboxylic acid groups (broad SMARTS) is 1. The van der Waals surface area contributed by atoms with Crippen molar-refractivity contribution in [3.63, 3.8) is 0 Å². The number of piperidine rings is 1. The van der Waals surface area contributed by atoms with Crippen molar-refractivity contribution in [2.45, 2.75) is 38.0 Å². The van der Waals surface area contributed by atoms with Crippen molar-refractivity contribution in [3.05, 3.63) is 60.2 Å². The van der Waals surface area contributed by atoms with Crippen LogP contribution in [0.2, 0.25) is 0 Å². The predicted molar refractivity (Wildman–Crippen MR) is 144 cm³/mol. The number of hydrogen-bond acceptors (Lipinski definition) is 8. The van der Waals surface area contributed by atoms with Crippen molar-refractivity contribution in [1.29, 1.82) is 0 Å². The van der Waals surface area contributed by atoms with Gasteiger partial charge in [-0.25, -0.2) is 9.59 Å². The first-order valence-electron chi connectivity index (χ1n) is 13.0. The van der Waals surface area contributed by atoms with E-state index in [1.54, 1.807) is 30.3 Å². The highest BCUT2D eigenvalue weighted by Gasteiger charge is 2.32. The summed E-state index contributed by atoms with van der Waals surface area (Å²) in [6.07, 6.45) is -0.173. The van der Waals surface area contributed by atoms with Crippen LogP contribution in [0.25, 0.3) is 0 Å². The van der Waals surface area contributed by atoms with E-state index in [4.69, 9.17) is 4.74 Å². The summed E-state index contributed by atoms with van der Waals surface area (Å²) in [4.78, 5) is 41.9. The molecule has 0 radical (unpaired) electrons. The fraction of sp³-hybridized carbons (Fsp3) is 0.407. The Morgan fingerprint density at radius 1 is 1.12 bits per heavy atom. The molecule has 0 unspecified atom stereocenters. The Hall–Kier alpha value is -4.42. The molecule has 2 aromatic rings. The average Bonchev–Trinajstić information content (AvgIpc) is 2.94. The summed E-state index contributed by atoms with van der Waals surface area (Å²) in [5, 5.41) is 20.1. The van der Waals surface area contributed by atoms with Crippen LogP contribution in [0.1, 0.15) is 24.8 Å². The number of hydrogen-bond donors (Lipinski definition) is 5. The monoisotopic (exact) mass is 558 g/mol. The van der Waals surface area contributed by atoms with Gasteiger partial charge >= 0.3 is 18.1 Å². The molecular formula is C27H32F2N6O5. The molecule has 0 bridgehead atoms. The SMILES string of the molecule is O=C(N[C@@H](CNC(=O)C1CCN(c2cccc(NC3=NC(F)(F)CCN3)c2)CC1)C(=O)O)OCc1ccccc1. The summed E-state index contributed by atoms with van der Waals surface area (Å²) in [6, 6.07) is 11.8. The maximum Gasteiger partial charge on any atom is 0.408 e. The van der Waals surface area contributed by atoms with Crippen LogP contribution in [0.5, 0.6) is 0 Å². The molecule has 13 heteroatoms. The molecule has 2 heterocycles. The second-order valence-electron chi connectivity index (χ2n) is 9.58. The predicted octanol–water partition coefficient (Wildman–Crippen LogP) is 2.75. The second kappa shape index (κ2) is 13.1. The normalized spacial score (nSPS) is 17.6. The molecule has 40 heavy (non-hydrogen) atoms. The van der Waals surface area contributed by atoms with E-state index >= 15 is 0 Å². The van der Waals surface area contributed by atoms with Crippen LogP contribution in [0.4, 0.5) is 25.0 Å². The number of nitrogens with zero attached hydrogens (tertiary/aromatic N) is 2. The average molecular weight is 559 g/mol. The number of benzene rings is 2. The first-order chi connectivity index (χ1) is 19.2. The number of guanidine groups is 1. The van der Waals surface area contributed by atoms with Gasteiger partial charge in [0, 0.05) is 43.5 Å². The van der Waals surface area contributed by atoms with Gasteiger partial charge in [-0.1, -0.05) is 36.4 Å². The molecule has 2 aliphatic heterocycles. The van der Waals surface area contributed by atoms with E-state index in [0.717, 1.165) is 11.3 Å². The molecule has 0 aliphatic carbocycles. The number of nitrogens with one attached hydrogen (secondary N) is 4. The third kappa shape index (κ3) is 8.29. The van der Waals surface area contributed by atoms with E-state index in [-0.39, 0.29) is 43.9 Å². The number of aliphatic carboxylic acids is 1. The van der Waals surface area contributed by atoms with Gasteiger partial charge in [-0.15, -0.1) is 0 Å². The lowest BCUT2D eigenvalue weighted by Gasteiger charge is -2.33. The van der Waals surface area contributed by atoms with Gasteiger partial charge in [-0.05, 0) is 36.6 Å². The van der Waals surface area contributed by atoms with Crippen molar-refractivity contribution >= 4 is 35.3 Å². The molecule has 214 valence electrons. The molecule has 2 aliphatic rings. The smallest absolute Gasteiger partial charge is 0.408 e. The zero-order valence-corrected chi connectivity index (χ0v) is 21.7. The van der Waals surface area contributed by atoms with Gasteiger partial charge in [0.1, 0.15) is 12.6 Å². The number of alkyl halides is 2. The Balaban J connectivity index is 1.22. The van der Waals surface area contributed by atoms with Crippen molar-refractivity contribution < 1.29 is 33.0 Å². The molecule has 5 N–H and O–H groups in total. The highest BCUT2D eigenvalue weighted by atomic mass is 19.3. The zero-order valence-electron chi connectivity index (χ0n) is 21.7. The van der Waals surface area contributed by atoms with E-state index in [1.807, 2.05) is 24.3 Å². The summed E-state index contributed by atoms with van der Waals surface area (Å²) in [5.41, 5.74) is 2.24. The maximum absolute atomic E-state index is 13.6. The molecule has 0 saturated carbocycles. The minimum absolute atomic E-state index is 0.00943. The Labute approximate surface area is 230 Å². The van der Waals surface area contributed by atoms with Gasteiger partial charge < -0.3 is 36.0 Å². The molecule has 1 fully saturated rings. The third-order valence-electron chi connectivity index (χ3n) is 6.62. The maximum atomic E-state index is 13.6. The van der Waals surface area contributed by atoms with Gasteiger partial charge in [0.2, 0.25) is 11.9 Å². The summed E-state index contributed by atoms with van der Waals surface area (Å²) in [6.45, 7) is 0.982. The van der Waals surface area contributed by atoms with Gasteiger partial charge in [0.25, 0.3) is 0 Å². The largest absolute Gasteiger partial charge is 0.480 e. The Bertz CT molecular complexity index is 1220. The fourth-order valence-corrected chi connectivity index (χ4v) is 4.43. The van der Waals surface area contributed by atoms with E-state index in [0.29, 0.717) is 31.6 Å². The number of amides is 2. The Morgan fingerprint density at radius 2 is 1.88 bits per heavy atom. The quantitative estimate of drug-likeness (QED) is 0.296. The van der Waals surface area contributed by atoms with Crippen LogP contribution < -0.4 is 26.2 Å². The van der Waals surface area contributed by atoms with Gasteiger partial charge in [-0.2, -0.15) is 13.8 Å². The zero-order chi connectivity index (χ0) is 28.5. The van der Waals surface area contributed by atoms with Crippen LogP contribution in [0.15, 0.2) is 59.6 Å². The number of alkyl carbamates (subject to hydrolysis) is 1. The molecule has 2 amide bonds. The topological polar surface area (TPSA) is 144 Å². The van der Waals surface area contributed by atoms with Crippen molar-refractivity contribution in [2.75, 3.05) is 36.4 Å². The van der Waals surface area contributed by atoms with Crippen molar-refractivity contribution in [3.8, 4) is 0 Å². The number of ether oxygens (including phenoxy) is 1. The van der Waals surface area contributed by atoms with E-state index in [1.165, 1.54) is 0 Å². The standard InChI is InChI=1S/C27H32F2N6O5/c28-27(29)11-12-30-25(34-27)32-20-7-4-8-21(15-20)35-13-9-19(10-14-35)23(36)31-16-22(24(37)38)33-26(39)40-17-18-5-2-1-3-6-18/h1-8,15,19,22H,9-14,16-17H2,(H,31,36)(H,33,39)(H,37,38)(H2,30,32,34)/t22-/m0/s1. The molecule has 4 rings (SSSR count). The van der Waals surface area contributed by atoms with Crippen molar-refractivity contribution in [1.82, 2.24) is 16.0 Å². The van der Waals surface area contributed by atoms with Crippen LogP contribution >= 0.6 is 0 Å². The molecule has 2 aromatic carbocycles. The minimum atomic E-state index is -3.10.